The van der Waals surface area contributed by atoms with Gasteiger partial charge in [-0.2, -0.15) is 0 Å². The second kappa shape index (κ2) is 74.2. The van der Waals surface area contributed by atoms with Gasteiger partial charge in [0, 0.05) is 25.7 Å². The van der Waals surface area contributed by atoms with E-state index in [-0.39, 0.29) is 25.7 Å². The monoisotopic (exact) mass is 1510 g/mol. The first-order valence-electron chi connectivity index (χ1n) is 43.3. The minimum Gasteiger partial charge on any atom is -0.462 e. The molecule has 3 N–H and O–H groups in total. The molecule has 103 heavy (non-hydrogen) atoms. The summed E-state index contributed by atoms with van der Waals surface area (Å²) in [6, 6.07) is 0. The van der Waals surface area contributed by atoms with Crippen molar-refractivity contribution in [2.75, 3.05) is 39.6 Å². The van der Waals surface area contributed by atoms with Crippen molar-refractivity contribution < 1.29 is 80.2 Å². The van der Waals surface area contributed by atoms with Crippen molar-refractivity contribution in [3.8, 4) is 0 Å². The topological polar surface area (TPSA) is 237 Å². The third kappa shape index (κ3) is 78.0. The molecule has 0 saturated heterocycles. The molecular weight excluding hydrogens is 1340 g/mol. The number of aliphatic hydroxyl groups excluding tert-OH is 1. The van der Waals surface area contributed by atoms with Crippen LogP contribution >= 0.6 is 15.6 Å². The number of phosphoric ester groups is 2. The van der Waals surface area contributed by atoms with Gasteiger partial charge in [-0.3, -0.25) is 37.3 Å². The highest BCUT2D eigenvalue weighted by atomic mass is 31.2. The van der Waals surface area contributed by atoms with E-state index in [1.165, 1.54) is 250 Å². The number of phosphoric acid groups is 2. The first-order chi connectivity index (χ1) is 49.7. The van der Waals surface area contributed by atoms with Gasteiger partial charge >= 0.3 is 39.5 Å². The van der Waals surface area contributed by atoms with Gasteiger partial charge < -0.3 is 33.8 Å². The number of rotatable bonds is 82. The molecule has 19 heteroatoms. The predicted octanol–water partition coefficient (Wildman–Crippen LogP) is 25.3. The number of aliphatic hydroxyl groups is 1. The standard InChI is InChI=1S/C84H164O17P2/c1-8-9-10-11-12-13-14-15-16-17-18-21-24-30-37-44-51-58-65-81(86)94-71-79(100-83(88)67-60-53-46-38-31-25-22-19-20-23-28-34-41-48-55-62-75(2)3)73-98-102(90,91)96-69-78(85)70-97-103(92,93)99-74-80(72-95-82(87)66-59-52-45-40-33-36-43-50-57-64-77(6)7)101-84(89)68-61-54-47-39-32-27-26-29-35-42-49-56-63-76(4)5/h75-80,85H,8-74H2,1-7H3,(H,90,91)(H,92,93)/t78-,79-,80-/m1/s1. The summed E-state index contributed by atoms with van der Waals surface area (Å²) in [4.78, 5) is 73.2. The molecule has 0 radical (unpaired) electrons. The number of carbonyl (C=O) groups is 4. The first-order valence-corrected chi connectivity index (χ1v) is 46.3. The molecule has 0 rings (SSSR count). The molecule has 0 aliphatic rings. The summed E-state index contributed by atoms with van der Waals surface area (Å²) in [5.74, 6) is 0.217. The maximum Gasteiger partial charge on any atom is 0.472 e. The minimum absolute atomic E-state index is 0.107. The van der Waals surface area contributed by atoms with Crippen LogP contribution in [-0.2, 0) is 65.4 Å². The van der Waals surface area contributed by atoms with E-state index in [2.05, 4.69) is 48.5 Å². The lowest BCUT2D eigenvalue weighted by molar-refractivity contribution is -0.161. The Balaban J connectivity index is 5.26. The van der Waals surface area contributed by atoms with Gasteiger partial charge in [-0.15, -0.1) is 0 Å². The summed E-state index contributed by atoms with van der Waals surface area (Å²) in [5, 5.41) is 10.7. The summed E-state index contributed by atoms with van der Waals surface area (Å²) in [6.45, 7) is 12.0. The Morgan fingerprint density at radius 3 is 0.660 bits per heavy atom. The lowest BCUT2D eigenvalue weighted by atomic mass is 10.0. The summed E-state index contributed by atoms with van der Waals surface area (Å²) in [5.41, 5.74) is 0. The Morgan fingerprint density at radius 1 is 0.262 bits per heavy atom. The van der Waals surface area contributed by atoms with E-state index >= 15 is 0 Å². The predicted molar refractivity (Wildman–Crippen MR) is 423 cm³/mol. The Morgan fingerprint density at radius 2 is 0.447 bits per heavy atom. The van der Waals surface area contributed by atoms with Gasteiger partial charge in [-0.25, -0.2) is 9.13 Å². The van der Waals surface area contributed by atoms with Crippen LogP contribution in [0.4, 0.5) is 0 Å². The van der Waals surface area contributed by atoms with E-state index < -0.39 is 97.5 Å². The van der Waals surface area contributed by atoms with Crippen molar-refractivity contribution >= 4 is 39.5 Å². The molecule has 0 bridgehead atoms. The molecule has 5 atom stereocenters. The zero-order valence-electron chi connectivity index (χ0n) is 67.8. The molecule has 0 heterocycles. The van der Waals surface area contributed by atoms with Gasteiger partial charge in [-0.1, -0.05) is 389 Å². The van der Waals surface area contributed by atoms with Crippen LogP contribution in [0.25, 0.3) is 0 Å². The van der Waals surface area contributed by atoms with Crippen molar-refractivity contribution in [2.24, 2.45) is 17.8 Å². The summed E-state index contributed by atoms with van der Waals surface area (Å²) >= 11 is 0. The van der Waals surface area contributed by atoms with Crippen LogP contribution in [-0.4, -0.2) is 96.7 Å². The molecule has 0 aromatic rings. The Bertz CT molecular complexity index is 1990. The fraction of sp³-hybridized carbons (Fsp3) is 0.952. The average Bonchev–Trinajstić information content (AvgIpc) is 0.906. The molecule has 0 aromatic heterocycles. The van der Waals surface area contributed by atoms with Gasteiger partial charge in [0.1, 0.15) is 19.3 Å². The molecule has 0 aromatic carbocycles. The molecule has 0 aliphatic heterocycles. The van der Waals surface area contributed by atoms with Crippen molar-refractivity contribution in [3.05, 3.63) is 0 Å². The van der Waals surface area contributed by atoms with Gasteiger partial charge in [0.2, 0.25) is 0 Å². The molecular formula is C84H164O17P2. The first kappa shape index (κ1) is 101. The van der Waals surface area contributed by atoms with Crippen LogP contribution in [0.3, 0.4) is 0 Å². The zero-order chi connectivity index (χ0) is 75.8. The molecule has 0 spiro atoms. The molecule has 0 saturated carbocycles. The Hall–Kier alpha value is -1.94. The van der Waals surface area contributed by atoms with Crippen molar-refractivity contribution in [1.82, 2.24) is 0 Å². The fourth-order valence-corrected chi connectivity index (χ4v) is 14.6. The molecule has 0 fully saturated rings. The third-order valence-corrected chi connectivity index (χ3v) is 21.5. The van der Waals surface area contributed by atoms with E-state index in [0.717, 1.165) is 108 Å². The molecule has 2 unspecified atom stereocenters. The summed E-state index contributed by atoms with van der Waals surface area (Å²) in [6.07, 6.45) is 63.8. The normalized spacial score (nSPS) is 13.9. The zero-order valence-corrected chi connectivity index (χ0v) is 69.6. The smallest absolute Gasteiger partial charge is 0.462 e. The maximum absolute atomic E-state index is 13.1. The highest BCUT2D eigenvalue weighted by Crippen LogP contribution is 2.45. The van der Waals surface area contributed by atoms with E-state index in [9.17, 15) is 43.2 Å². The highest BCUT2D eigenvalue weighted by Gasteiger charge is 2.30. The van der Waals surface area contributed by atoms with Gasteiger partial charge in [-0.05, 0) is 43.4 Å². The fourth-order valence-electron chi connectivity index (χ4n) is 13.0. The third-order valence-electron chi connectivity index (χ3n) is 19.6. The van der Waals surface area contributed by atoms with Gasteiger partial charge in [0.25, 0.3) is 0 Å². The summed E-state index contributed by atoms with van der Waals surface area (Å²) in [7, 11) is -9.93. The van der Waals surface area contributed by atoms with Crippen LogP contribution < -0.4 is 0 Å². The second-order valence-corrected chi connectivity index (χ2v) is 34.6. The van der Waals surface area contributed by atoms with E-state index in [1.807, 2.05) is 0 Å². The quantitative estimate of drug-likeness (QED) is 0.0222. The Labute approximate surface area is 632 Å². The number of unbranched alkanes of at least 4 members (excludes halogenated alkanes) is 50. The van der Waals surface area contributed by atoms with Crippen LogP contribution in [0.15, 0.2) is 0 Å². The van der Waals surface area contributed by atoms with Crippen molar-refractivity contribution in [3.63, 3.8) is 0 Å². The second-order valence-electron chi connectivity index (χ2n) is 31.6. The van der Waals surface area contributed by atoms with Crippen molar-refractivity contribution in [2.45, 2.75) is 458 Å². The largest absolute Gasteiger partial charge is 0.472 e. The van der Waals surface area contributed by atoms with Gasteiger partial charge in [0.05, 0.1) is 26.4 Å². The SMILES string of the molecule is CCCCCCCCCCCCCCCCCCCCC(=O)OC[C@H](COP(=O)(O)OC[C@@H](O)COP(=O)(O)OC[C@@H](COC(=O)CCCCCCCCCCCC(C)C)OC(=O)CCCCCCCCCCCCCCC(C)C)OC(=O)CCCCCCCCCCCCCCCCCC(C)C. The lowest BCUT2D eigenvalue weighted by Gasteiger charge is -2.21. The highest BCUT2D eigenvalue weighted by molar-refractivity contribution is 7.47. The lowest BCUT2D eigenvalue weighted by Crippen LogP contribution is -2.30. The minimum atomic E-state index is -4.96. The van der Waals surface area contributed by atoms with Crippen LogP contribution in [0.5, 0.6) is 0 Å². The maximum atomic E-state index is 13.1. The van der Waals surface area contributed by atoms with Crippen LogP contribution in [0, 0.1) is 17.8 Å². The van der Waals surface area contributed by atoms with E-state index in [1.54, 1.807) is 0 Å². The molecule has 0 amide bonds. The molecule has 612 valence electrons. The van der Waals surface area contributed by atoms with Crippen molar-refractivity contribution in [1.29, 1.82) is 0 Å². The van der Waals surface area contributed by atoms with Crippen LogP contribution in [0.1, 0.15) is 440 Å². The summed E-state index contributed by atoms with van der Waals surface area (Å²) < 4.78 is 68.9. The number of esters is 4. The van der Waals surface area contributed by atoms with Gasteiger partial charge in [0.15, 0.2) is 12.2 Å². The number of hydrogen-bond donors (Lipinski definition) is 3. The van der Waals surface area contributed by atoms with E-state index in [4.69, 9.17) is 37.0 Å². The van der Waals surface area contributed by atoms with Crippen LogP contribution in [0.2, 0.25) is 0 Å². The average molecular weight is 1510 g/mol. The Kier molecular flexibility index (Phi) is 72.8. The number of carbonyl (C=O) groups excluding carboxylic acids is 4. The number of ether oxygens (including phenoxy) is 4. The molecule has 0 aliphatic carbocycles. The van der Waals surface area contributed by atoms with E-state index in [0.29, 0.717) is 25.7 Å². The number of hydrogen-bond acceptors (Lipinski definition) is 15. The molecule has 17 nitrogen and oxygen atoms in total.